The molecule has 0 radical (unpaired) electrons. The minimum atomic E-state index is -0.452. The Hall–Kier alpha value is -1.18. The fraction of sp³-hybridized carbons (Fsp3) is 0.926. The van der Waals surface area contributed by atoms with Crippen LogP contribution in [0.1, 0.15) is 85.5 Å². The van der Waals surface area contributed by atoms with Crippen LogP contribution in [0.5, 0.6) is 0 Å². The van der Waals surface area contributed by atoms with Gasteiger partial charge in [-0.05, 0) is 97.3 Å². The predicted octanol–water partition coefficient (Wildman–Crippen LogP) is 3.18. The van der Waals surface area contributed by atoms with Crippen LogP contribution in [0.4, 0.5) is 0 Å². The summed E-state index contributed by atoms with van der Waals surface area (Å²) >= 11 is 0. The predicted molar refractivity (Wildman–Crippen MR) is 137 cm³/mol. The number of carbonyl (C=O) groups excluding carboxylic acids is 2. The van der Waals surface area contributed by atoms with Gasteiger partial charge in [0.25, 0.3) is 0 Å². The van der Waals surface area contributed by atoms with Crippen molar-refractivity contribution in [3.05, 3.63) is 0 Å². The van der Waals surface area contributed by atoms with Gasteiger partial charge in [0.2, 0.25) is 11.8 Å². The van der Waals surface area contributed by atoms with Gasteiger partial charge in [0, 0.05) is 31.8 Å². The lowest BCUT2D eigenvalue weighted by molar-refractivity contribution is -0.139. The van der Waals surface area contributed by atoms with Gasteiger partial charge >= 0.3 is 0 Å². The highest BCUT2D eigenvalue weighted by molar-refractivity contribution is 5.90. The first-order valence-corrected chi connectivity index (χ1v) is 14.0. The van der Waals surface area contributed by atoms with Crippen molar-refractivity contribution in [2.24, 2.45) is 11.3 Å². The molecule has 0 unspecified atom stereocenters. The Morgan fingerprint density at radius 2 is 1.62 bits per heavy atom. The maximum atomic E-state index is 13.8. The zero-order valence-electron chi connectivity index (χ0n) is 22.2. The third kappa shape index (κ3) is 7.66. The molecule has 1 spiro atoms. The van der Waals surface area contributed by atoms with E-state index in [1.54, 1.807) is 0 Å². The second-order valence-corrected chi connectivity index (χ2v) is 11.5. The van der Waals surface area contributed by atoms with Crippen molar-refractivity contribution in [2.45, 2.75) is 104 Å². The van der Waals surface area contributed by atoms with Gasteiger partial charge < -0.3 is 25.2 Å². The second-order valence-electron chi connectivity index (χ2n) is 11.5. The number of ether oxygens (including phenoxy) is 1. The summed E-state index contributed by atoms with van der Waals surface area (Å²) in [7, 11) is 0. The van der Waals surface area contributed by atoms with E-state index in [0.717, 1.165) is 58.2 Å². The van der Waals surface area contributed by atoms with Gasteiger partial charge in [-0.1, -0.05) is 20.3 Å². The van der Waals surface area contributed by atoms with Crippen LogP contribution in [0.3, 0.4) is 0 Å². The first-order chi connectivity index (χ1) is 16.3. The Bertz CT molecular complexity index is 638. The number of carbonyl (C=O) groups is 2. The number of amides is 2. The lowest BCUT2D eigenvalue weighted by atomic mass is 9.73. The molecular formula is C27H50N4O3. The first kappa shape index (κ1) is 27.4. The molecule has 7 nitrogen and oxygen atoms in total. The summed E-state index contributed by atoms with van der Waals surface area (Å²) in [5.41, 5.74) is -0.366. The molecule has 3 aliphatic heterocycles. The van der Waals surface area contributed by atoms with E-state index < -0.39 is 6.04 Å². The quantitative estimate of drug-likeness (QED) is 0.649. The van der Waals surface area contributed by atoms with Crippen LogP contribution >= 0.6 is 0 Å². The van der Waals surface area contributed by atoms with E-state index in [0.29, 0.717) is 37.6 Å². The monoisotopic (exact) mass is 478 g/mol. The summed E-state index contributed by atoms with van der Waals surface area (Å²) in [4.78, 5) is 31.9. The van der Waals surface area contributed by atoms with E-state index in [1.165, 1.54) is 25.9 Å². The first-order valence-electron chi connectivity index (χ1n) is 14.0. The number of hydrogen-bond donors (Lipinski definition) is 2. The Balaban J connectivity index is 1.65. The van der Waals surface area contributed by atoms with E-state index >= 15 is 0 Å². The van der Waals surface area contributed by atoms with Crippen LogP contribution in [0.2, 0.25) is 0 Å². The van der Waals surface area contributed by atoms with Gasteiger partial charge in [0.1, 0.15) is 6.04 Å². The maximum Gasteiger partial charge on any atom is 0.242 e. The highest BCUT2D eigenvalue weighted by Crippen LogP contribution is 2.39. The average molecular weight is 479 g/mol. The van der Waals surface area contributed by atoms with Crippen LogP contribution in [-0.2, 0) is 14.3 Å². The normalized spacial score (nSPS) is 27.5. The van der Waals surface area contributed by atoms with E-state index in [1.807, 2.05) is 0 Å². The second kappa shape index (κ2) is 13.2. The molecule has 3 aliphatic rings. The summed E-state index contributed by atoms with van der Waals surface area (Å²) in [5, 5.41) is 6.24. The number of nitrogens with one attached hydrogen (secondary N) is 2. The number of piperidine rings is 2. The molecule has 0 aromatic carbocycles. The van der Waals surface area contributed by atoms with Gasteiger partial charge in [-0.15, -0.1) is 0 Å². The fourth-order valence-corrected chi connectivity index (χ4v) is 5.97. The van der Waals surface area contributed by atoms with Gasteiger partial charge in [0.05, 0.1) is 5.41 Å². The minimum absolute atomic E-state index is 0.0522. The lowest BCUT2D eigenvalue weighted by Crippen LogP contribution is -2.56. The van der Waals surface area contributed by atoms with Crippen LogP contribution in [-0.4, -0.2) is 85.7 Å². The van der Waals surface area contributed by atoms with Crippen LogP contribution < -0.4 is 10.6 Å². The van der Waals surface area contributed by atoms with Crippen LogP contribution in [0, 0.1) is 11.3 Å². The summed E-state index contributed by atoms with van der Waals surface area (Å²) in [6.45, 7) is 15.1. The third-order valence-electron chi connectivity index (χ3n) is 8.27. The fourth-order valence-electron chi connectivity index (χ4n) is 5.97. The van der Waals surface area contributed by atoms with Gasteiger partial charge in [-0.25, -0.2) is 0 Å². The third-order valence-corrected chi connectivity index (χ3v) is 8.27. The van der Waals surface area contributed by atoms with Gasteiger partial charge in [-0.2, -0.15) is 0 Å². The number of likely N-dealkylation sites (tertiary alicyclic amines) is 2. The summed E-state index contributed by atoms with van der Waals surface area (Å²) in [6, 6.07) is 0.812. The molecule has 0 aliphatic carbocycles. The smallest absolute Gasteiger partial charge is 0.242 e. The minimum Gasteiger partial charge on any atom is -0.381 e. The van der Waals surface area contributed by atoms with E-state index in [4.69, 9.17) is 4.74 Å². The van der Waals surface area contributed by atoms with E-state index in [2.05, 4.69) is 48.1 Å². The van der Waals surface area contributed by atoms with Crippen LogP contribution in [0.25, 0.3) is 0 Å². The molecule has 34 heavy (non-hydrogen) atoms. The van der Waals surface area contributed by atoms with Crippen molar-refractivity contribution in [3.8, 4) is 0 Å². The zero-order valence-corrected chi connectivity index (χ0v) is 22.2. The van der Waals surface area contributed by atoms with Gasteiger partial charge in [0.15, 0.2) is 0 Å². The molecule has 0 bridgehead atoms. The van der Waals surface area contributed by atoms with Gasteiger partial charge in [-0.3, -0.25) is 9.59 Å². The Kier molecular flexibility index (Phi) is 10.7. The highest BCUT2D eigenvalue weighted by Gasteiger charge is 2.43. The Labute approximate surface area is 207 Å². The van der Waals surface area contributed by atoms with Crippen molar-refractivity contribution < 1.29 is 14.3 Å². The molecule has 2 N–H and O–H groups in total. The summed E-state index contributed by atoms with van der Waals surface area (Å²) < 4.78 is 5.77. The molecule has 196 valence electrons. The lowest BCUT2D eigenvalue weighted by Gasteiger charge is -2.46. The van der Waals surface area contributed by atoms with Crippen molar-refractivity contribution in [2.75, 3.05) is 45.9 Å². The van der Waals surface area contributed by atoms with Crippen LogP contribution in [0.15, 0.2) is 0 Å². The molecular weight excluding hydrogens is 428 g/mol. The molecule has 3 saturated heterocycles. The average Bonchev–Trinajstić information content (AvgIpc) is 2.82. The summed E-state index contributed by atoms with van der Waals surface area (Å²) in [5.74, 6) is 0.386. The molecule has 1 atom stereocenters. The van der Waals surface area contributed by atoms with Crippen molar-refractivity contribution in [3.63, 3.8) is 0 Å². The molecule has 7 heteroatoms. The standard InChI is InChI=1S/C27H50N4O3/c1-21(2)20-24-25(32)28-13-7-19-34-18-6-5-10-27(26(33)29-24)11-16-31(17-12-27)23-8-14-30(15-9-23)22(3)4/h21-24H,5-20H2,1-4H3,(H,28,32)(H,29,33)/t24-/m0/s1. The molecule has 0 aromatic heterocycles. The van der Waals surface area contributed by atoms with Crippen molar-refractivity contribution >= 4 is 11.8 Å². The van der Waals surface area contributed by atoms with E-state index in [9.17, 15) is 9.59 Å². The Morgan fingerprint density at radius 3 is 2.26 bits per heavy atom. The molecule has 3 heterocycles. The Morgan fingerprint density at radius 1 is 0.941 bits per heavy atom. The number of nitrogens with zero attached hydrogens (tertiary/aromatic N) is 2. The highest BCUT2D eigenvalue weighted by atomic mass is 16.5. The maximum absolute atomic E-state index is 13.8. The molecule has 3 fully saturated rings. The molecule has 3 rings (SSSR count). The molecule has 2 amide bonds. The number of rotatable bonds is 4. The zero-order chi connectivity index (χ0) is 24.6. The van der Waals surface area contributed by atoms with E-state index in [-0.39, 0.29) is 17.2 Å². The topological polar surface area (TPSA) is 73.9 Å². The van der Waals surface area contributed by atoms with Crippen molar-refractivity contribution in [1.82, 2.24) is 20.4 Å². The summed E-state index contributed by atoms with van der Waals surface area (Å²) in [6.07, 6.45) is 8.60. The SMILES string of the molecule is CC(C)C[C@@H]1NC(=O)C2(CCCCOCCCNC1=O)CCN(C1CCN(C(C)C)CC1)CC2. The largest absolute Gasteiger partial charge is 0.381 e. The molecule has 0 aromatic rings. The molecule has 0 saturated carbocycles. The van der Waals surface area contributed by atoms with Crippen molar-refractivity contribution in [1.29, 1.82) is 0 Å². The number of hydrogen-bond acceptors (Lipinski definition) is 5.